The lowest BCUT2D eigenvalue weighted by Gasteiger charge is -2.34. The Hall–Kier alpha value is 0. The van der Waals surface area contributed by atoms with Crippen LogP contribution >= 0.6 is 0 Å². The van der Waals surface area contributed by atoms with E-state index in [9.17, 15) is 0 Å². The molecule has 0 spiro atoms. The van der Waals surface area contributed by atoms with Gasteiger partial charge in [0.25, 0.3) is 0 Å². The van der Waals surface area contributed by atoms with E-state index in [1.165, 1.54) is 32.1 Å². The SMILES string of the molecule is CCCC(C)C(CC1CCCC1)CC1CCC1. The van der Waals surface area contributed by atoms with Crippen LogP contribution < -0.4 is 0 Å². The van der Waals surface area contributed by atoms with Gasteiger partial charge in [-0.1, -0.05) is 71.6 Å². The fourth-order valence-corrected chi connectivity index (χ4v) is 4.08. The summed E-state index contributed by atoms with van der Waals surface area (Å²) >= 11 is 0. The number of hydrogen-bond acceptors (Lipinski definition) is 0. The Morgan fingerprint density at radius 3 is 1.82 bits per heavy atom. The molecule has 2 saturated carbocycles. The lowest BCUT2D eigenvalue weighted by molar-refractivity contribution is 0.176. The van der Waals surface area contributed by atoms with Crippen LogP contribution in [-0.4, -0.2) is 0 Å². The van der Waals surface area contributed by atoms with Gasteiger partial charge in [0, 0.05) is 0 Å². The van der Waals surface area contributed by atoms with Gasteiger partial charge >= 0.3 is 0 Å². The Balaban J connectivity index is 1.80. The molecule has 0 nitrogen and oxygen atoms in total. The van der Waals surface area contributed by atoms with Crippen LogP contribution in [0.3, 0.4) is 0 Å². The number of hydrogen-bond donors (Lipinski definition) is 0. The van der Waals surface area contributed by atoms with Crippen molar-refractivity contribution < 1.29 is 0 Å². The molecule has 0 radical (unpaired) electrons. The zero-order valence-corrected chi connectivity index (χ0v) is 12.1. The molecule has 0 heterocycles. The van der Waals surface area contributed by atoms with Crippen LogP contribution in [0.5, 0.6) is 0 Å². The van der Waals surface area contributed by atoms with Crippen molar-refractivity contribution in [3.63, 3.8) is 0 Å². The maximum Gasteiger partial charge on any atom is -0.0383 e. The van der Waals surface area contributed by atoms with E-state index in [0.29, 0.717) is 0 Å². The van der Waals surface area contributed by atoms with E-state index in [4.69, 9.17) is 0 Å². The molecule has 0 amide bonds. The van der Waals surface area contributed by atoms with Crippen molar-refractivity contribution >= 4 is 0 Å². The Kier molecular flexibility index (Phi) is 5.38. The van der Waals surface area contributed by atoms with Crippen molar-refractivity contribution in [3.05, 3.63) is 0 Å². The topological polar surface area (TPSA) is 0 Å². The van der Waals surface area contributed by atoms with Gasteiger partial charge in [0.15, 0.2) is 0 Å². The lowest BCUT2D eigenvalue weighted by atomic mass is 9.72. The average Bonchev–Trinajstić information content (AvgIpc) is 2.74. The van der Waals surface area contributed by atoms with Crippen LogP contribution in [-0.2, 0) is 0 Å². The highest BCUT2D eigenvalue weighted by atomic mass is 14.3. The van der Waals surface area contributed by atoms with Gasteiger partial charge in [0.05, 0.1) is 0 Å². The molecule has 0 heteroatoms. The molecule has 2 rings (SSSR count). The first-order valence-electron chi connectivity index (χ1n) is 8.29. The third kappa shape index (κ3) is 4.00. The average molecular weight is 236 g/mol. The van der Waals surface area contributed by atoms with Crippen LogP contribution in [0.4, 0.5) is 0 Å². The van der Waals surface area contributed by atoms with Crippen LogP contribution in [0.15, 0.2) is 0 Å². The molecule has 0 aliphatic heterocycles. The van der Waals surface area contributed by atoms with E-state index in [0.717, 1.165) is 23.7 Å². The van der Waals surface area contributed by atoms with Crippen molar-refractivity contribution in [2.24, 2.45) is 23.7 Å². The van der Waals surface area contributed by atoms with E-state index in [1.54, 1.807) is 38.5 Å². The highest BCUT2D eigenvalue weighted by Crippen LogP contribution is 2.40. The molecular weight excluding hydrogens is 204 g/mol. The van der Waals surface area contributed by atoms with Gasteiger partial charge in [0.2, 0.25) is 0 Å². The maximum absolute atomic E-state index is 2.53. The Morgan fingerprint density at radius 2 is 1.41 bits per heavy atom. The Morgan fingerprint density at radius 1 is 0.882 bits per heavy atom. The predicted octanol–water partition coefficient (Wildman–Crippen LogP) is 5.81. The molecule has 2 aliphatic rings. The van der Waals surface area contributed by atoms with E-state index in [-0.39, 0.29) is 0 Å². The van der Waals surface area contributed by atoms with Gasteiger partial charge in [-0.3, -0.25) is 0 Å². The summed E-state index contributed by atoms with van der Waals surface area (Å²) in [5.41, 5.74) is 0. The van der Waals surface area contributed by atoms with Crippen molar-refractivity contribution in [3.8, 4) is 0 Å². The second-order valence-corrected chi connectivity index (χ2v) is 6.94. The quantitative estimate of drug-likeness (QED) is 0.523. The summed E-state index contributed by atoms with van der Waals surface area (Å²) < 4.78 is 0. The first-order chi connectivity index (χ1) is 8.29. The van der Waals surface area contributed by atoms with Crippen molar-refractivity contribution in [2.75, 3.05) is 0 Å². The van der Waals surface area contributed by atoms with Crippen molar-refractivity contribution in [1.29, 1.82) is 0 Å². The fraction of sp³-hybridized carbons (Fsp3) is 1.00. The van der Waals surface area contributed by atoms with Gasteiger partial charge in [-0.25, -0.2) is 0 Å². The van der Waals surface area contributed by atoms with Crippen LogP contribution in [0.1, 0.15) is 84.5 Å². The monoisotopic (exact) mass is 236 g/mol. The Labute approximate surface area is 109 Å². The van der Waals surface area contributed by atoms with Crippen LogP contribution in [0.2, 0.25) is 0 Å². The molecule has 2 atom stereocenters. The molecule has 0 N–H and O–H groups in total. The molecule has 0 saturated heterocycles. The number of rotatable bonds is 7. The highest BCUT2D eigenvalue weighted by molar-refractivity contribution is 4.80. The molecule has 0 aromatic carbocycles. The first kappa shape index (κ1) is 13.4. The van der Waals surface area contributed by atoms with Gasteiger partial charge < -0.3 is 0 Å². The molecule has 2 fully saturated rings. The molecule has 100 valence electrons. The summed E-state index contributed by atoms with van der Waals surface area (Å²) in [5, 5.41) is 0. The predicted molar refractivity (Wildman–Crippen MR) is 76.1 cm³/mol. The van der Waals surface area contributed by atoms with Gasteiger partial charge in [-0.15, -0.1) is 0 Å². The molecular formula is C17H32. The molecule has 0 aromatic heterocycles. The lowest BCUT2D eigenvalue weighted by Crippen LogP contribution is -2.22. The van der Waals surface area contributed by atoms with E-state index in [2.05, 4.69) is 13.8 Å². The molecule has 17 heavy (non-hydrogen) atoms. The van der Waals surface area contributed by atoms with E-state index >= 15 is 0 Å². The standard InChI is InChI=1S/C17H32/c1-3-7-14(2)17(13-16-10-6-11-16)12-15-8-4-5-9-15/h14-17H,3-13H2,1-2H3. The maximum atomic E-state index is 2.53. The zero-order chi connectivity index (χ0) is 12.1. The summed E-state index contributed by atoms with van der Waals surface area (Å²) in [5.74, 6) is 4.25. The van der Waals surface area contributed by atoms with Gasteiger partial charge in [-0.05, 0) is 36.5 Å². The summed E-state index contributed by atoms with van der Waals surface area (Å²) in [6.07, 6.45) is 16.7. The summed E-state index contributed by atoms with van der Waals surface area (Å²) in [6.45, 7) is 4.88. The minimum Gasteiger partial charge on any atom is -0.0654 e. The van der Waals surface area contributed by atoms with E-state index < -0.39 is 0 Å². The smallest absolute Gasteiger partial charge is 0.0383 e. The third-order valence-electron chi connectivity index (χ3n) is 5.52. The molecule has 0 aromatic rings. The minimum atomic E-state index is 0.987. The second kappa shape index (κ2) is 6.81. The third-order valence-corrected chi connectivity index (χ3v) is 5.52. The first-order valence-corrected chi connectivity index (χ1v) is 8.29. The minimum absolute atomic E-state index is 0.987. The van der Waals surface area contributed by atoms with Crippen LogP contribution in [0, 0.1) is 23.7 Å². The van der Waals surface area contributed by atoms with Crippen molar-refractivity contribution in [1.82, 2.24) is 0 Å². The second-order valence-electron chi connectivity index (χ2n) is 6.94. The largest absolute Gasteiger partial charge is 0.0654 e. The highest BCUT2D eigenvalue weighted by Gasteiger charge is 2.28. The van der Waals surface area contributed by atoms with Crippen molar-refractivity contribution in [2.45, 2.75) is 84.5 Å². The molecule has 0 bridgehead atoms. The van der Waals surface area contributed by atoms with Gasteiger partial charge in [0.1, 0.15) is 0 Å². The summed E-state index contributed by atoms with van der Waals surface area (Å²) in [7, 11) is 0. The van der Waals surface area contributed by atoms with Crippen LogP contribution in [0.25, 0.3) is 0 Å². The van der Waals surface area contributed by atoms with E-state index in [1.807, 2.05) is 0 Å². The zero-order valence-electron chi connectivity index (χ0n) is 12.1. The van der Waals surface area contributed by atoms with Gasteiger partial charge in [-0.2, -0.15) is 0 Å². The molecule has 2 unspecified atom stereocenters. The fourth-order valence-electron chi connectivity index (χ4n) is 4.08. The molecule has 2 aliphatic carbocycles. The Bertz CT molecular complexity index is 198. The summed E-state index contributed by atoms with van der Waals surface area (Å²) in [4.78, 5) is 0. The summed E-state index contributed by atoms with van der Waals surface area (Å²) in [6, 6.07) is 0. The normalized spacial score (nSPS) is 25.8.